The van der Waals surface area contributed by atoms with Gasteiger partial charge in [0, 0.05) is 27.2 Å². The van der Waals surface area contributed by atoms with E-state index in [1.165, 1.54) is 11.6 Å². The van der Waals surface area contributed by atoms with E-state index in [1.807, 2.05) is 24.8 Å². The van der Waals surface area contributed by atoms with Gasteiger partial charge in [0.2, 0.25) is 0 Å². The smallest absolute Gasteiger partial charge is 0.332 e. The first-order chi connectivity index (χ1) is 9.36. The van der Waals surface area contributed by atoms with Gasteiger partial charge >= 0.3 is 5.69 Å². The molecule has 0 radical (unpaired) electrons. The van der Waals surface area contributed by atoms with Crippen LogP contribution in [0.25, 0.3) is 0 Å². The molecule has 1 aromatic rings. The van der Waals surface area contributed by atoms with E-state index in [0.717, 1.165) is 4.57 Å². The van der Waals surface area contributed by atoms with Gasteiger partial charge in [0.25, 0.3) is 5.56 Å². The van der Waals surface area contributed by atoms with Gasteiger partial charge in [-0.3, -0.25) is 13.9 Å². The van der Waals surface area contributed by atoms with Crippen molar-refractivity contribution in [1.82, 2.24) is 9.13 Å². The fourth-order valence-electron chi connectivity index (χ4n) is 2.65. The number of anilines is 1. The van der Waals surface area contributed by atoms with Crippen molar-refractivity contribution < 1.29 is 4.74 Å². The first-order valence-corrected chi connectivity index (χ1v) is 6.47. The maximum absolute atomic E-state index is 12.1. The van der Waals surface area contributed by atoms with Gasteiger partial charge in [-0.1, -0.05) is 0 Å². The summed E-state index contributed by atoms with van der Waals surface area (Å²) in [5.41, 5.74) is -0.996. The lowest BCUT2D eigenvalue weighted by atomic mass is 10.2. The molecule has 1 saturated heterocycles. The van der Waals surface area contributed by atoms with Crippen molar-refractivity contribution in [2.24, 2.45) is 14.1 Å². The van der Waals surface area contributed by atoms with Gasteiger partial charge in [-0.15, -0.1) is 0 Å². The Bertz CT molecular complexity index is 673. The summed E-state index contributed by atoms with van der Waals surface area (Å²) in [7, 11) is 2.95. The molecule has 2 unspecified atom stereocenters. The molecule has 0 aromatic carbocycles. The normalized spacial score (nSPS) is 22.6. The Kier molecular flexibility index (Phi) is 3.68. The van der Waals surface area contributed by atoms with Gasteiger partial charge in [0.1, 0.15) is 11.9 Å². The van der Waals surface area contributed by atoms with Crippen LogP contribution in [0, 0.1) is 11.3 Å². The molecular weight excluding hydrogens is 260 g/mol. The van der Waals surface area contributed by atoms with Crippen LogP contribution in [0.1, 0.15) is 19.4 Å². The molecule has 0 saturated carbocycles. The molecule has 7 nitrogen and oxygen atoms in total. The van der Waals surface area contributed by atoms with Crippen molar-refractivity contribution in [3.05, 3.63) is 26.4 Å². The number of morpholine rings is 1. The van der Waals surface area contributed by atoms with E-state index in [1.54, 1.807) is 7.05 Å². The average Bonchev–Trinajstić information content (AvgIpc) is 2.39. The van der Waals surface area contributed by atoms with Crippen LogP contribution in [0.4, 0.5) is 5.82 Å². The zero-order chi connectivity index (χ0) is 15.0. The highest BCUT2D eigenvalue weighted by Crippen LogP contribution is 2.20. The second kappa shape index (κ2) is 5.13. The first kappa shape index (κ1) is 14.3. The molecule has 1 aliphatic rings. The van der Waals surface area contributed by atoms with E-state index in [-0.39, 0.29) is 17.8 Å². The third kappa shape index (κ3) is 2.23. The van der Waals surface area contributed by atoms with Crippen molar-refractivity contribution in [3.63, 3.8) is 0 Å². The summed E-state index contributed by atoms with van der Waals surface area (Å²) in [4.78, 5) is 26.0. The minimum atomic E-state index is -0.558. The van der Waals surface area contributed by atoms with Crippen LogP contribution in [0.3, 0.4) is 0 Å². The van der Waals surface area contributed by atoms with Crippen LogP contribution >= 0.6 is 0 Å². The van der Waals surface area contributed by atoms with Crippen molar-refractivity contribution in [2.45, 2.75) is 26.1 Å². The highest BCUT2D eigenvalue weighted by molar-refractivity contribution is 5.54. The van der Waals surface area contributed by atoms with Crippen LogP contribution in [-0.4, -0.2) is 34.4 Å². The fraction of sp³-hybridized carbons (Fsp3) is 0.615. The summed E-state index contributed by atoms with van der Waals surface area (Å²) in [6.07, 6.45) is -0.0473. The van der Waals surface area contributed by atoms with Crippen molar-refractivity contribution in [1.29, 1.82) is 5.26 Å². The molecule has 2 rings (SSSR count). The number of aromatic nitrogens is 2. The Balaban J connectivity index is 2.65. The quantitative estimate of drug-likeness (QED) is 0.696. The summed E-state index contributed by atoms with van der Waals surface area (Å²) in [5.74, 6) is 0.377. The third-order valence-electron chi connectivity index (χ3n) is 3.46. The number of rotatable bonds is 1. The Morgan fingerprint density at radius 3 is 2.20 bits per heavy atom. The van der Waals surface area contributed by atoms with Gasteiger partial charge < -0.3 is 9.64 Å². The van der Waals surface area contributed by atoms with E-state index in [4.69, 9.17) is 4.74 Å². The Hall–Kier alpha value is -2.07. The number of hydrogen-bond donors (Lipinski definition) is 0. The van der Waals surface area contributed by atoms with Crippen LogP contribution < -0.4 is 16.1 Å². The molecule has 0 spiro atoms. The summed E-state index contributed by atoms with van der Waals surface area (Å²) in [6, 6.07) is 1.92. The zero-order valence-electron chi connectivity index (χ0n) is 12.1. The minimum absolute atomic E-state index is 0.00380. The van der Waals surface area contributed by atoms with E-state index in [9.17, 15) is 14.9 Å². The summed E-state index contributed by atoms with van der Waals surface area (Å²) in [6.45, 7) is 4.93. The molecular formula is C13H18N4O3. The topological polar surface area (TPSA) is 80.3 Å². The largest absolute Gasteiger partial charge is 0.372 e. The van der Waals surface area contributed by atoms with E-state index in [0.29, 0.717) is 18.9 Å². The molecule has 1 aliphatic heterocycles. The molecule has 2 atom stereocenters. The summed E-state index contributed by atoms with van der Waals surface area (Å²) >= 11 is 0. The second-order valence-electron chi connectivity index (χ2n) is 5.18. The molecule has 1 fully saturated rings. The van der Waals surface area contributed by atoms with Crippen molar-refractivity contribution in [3.8, 4) is 6.07 Å². The van der Waals surface area contributed by atoms with Gasteiger partial charge in [0.15, 0.2) is 5.56 Å². The molecule has 0 bridgehead atoms. The Morgan fingerprint density at radius 1 is 1.15 bits per heavy atom. The van der Waals surface area contributed by atoms with Crippen LogP contribution in [-0.2, 0) is 18.8 Å². The molecule has 2 heterocycles. The monoisotopic (exact) mass is 278 g/mol. The maximum Gasteiger partial charge on any atom is 0.332 e. The fourth-order valence-corrected chi connectivity index (χ4v) is 2.65. The average molecular weight is 278 g/mol. The second-order valence-corrected chi connectivity index (χ2v) is 5.18. The molecule has 0 aliphatic carbocycles. The molecule has 1 aromatic heterocycles. The maximum atomic E-state index is 12.1. The third-order valence-corrected chi connectivity index (χ3v) is 3.46. The molecule has 0 N–H and O–H groups in total. The van der Waals surface area contributed by atoms with E-state index >= 15 is 0 Å². The molecule has 20 heavy (non-hydrogen) atoms. The van der Waals surface area contributed by atoms with Gasteiger partial charge in [-0.25, -0.2) is 4.79 Å². The standard InChI is InChI=1S/C13H18N4O3/c1-8-6-17(7-9(2)20-8)11-10(5-14)12(18)16(4)13(19)15(11)3/h8-9H,6-7H2,1-4H3. The predicted octanol–water partition coefficient (Wildman–Crippen LogP) is -0.431. The van der Waals surface area contributed by atoms with Crippen molar-refractivity contribution >= 4 is 5.82 Å². The highest BCUT2D eigenvalue weighted by atomic mass is 16.5. The van der Waals surface area contributed by atoms with Gasteiger partial charge in [0.05, 0.1) is 12.2 Å². The van der Waals surface area contributed by atoms with E-state index < -0.39 is 11.2 Å². The lowest BCUT2D eigenvalue weighted by Gasteiger charge is -2.37. The summed E-state index contributed by atoms with van der Waals surface area (Å²) in [5, 5.41) is 9.26. The number of ether oxygens (including phenoxy) is 1. The van der Waals surface area contributed by atoms with Gasteiger partial charge in [-0.05, 0) is 13.8 Å². The Labute approximate surface area is 116 Å². The van der Waals surface area contributed by atoms with Crippen LogP contribution in [0.5, 0.6) is 0 Å². The molecule has 108 valence electrons. The number of nitrogens with zero attached hydrogens (tertiary/aromatic N) is 4. The van der Waals surface area contributed by atoms with Gasteiger partial charge in [-0.2, -0.15) is 5.26 Å². The number of hydrogen-bond acceptors (Lipinski definition) is 5. The van der Waals surface area contributed by atoms with E-state index in [2.05, 4.69) is 0 Å². The first-order valence-electron chi connectivity index (χ1n) is 6.47. The SMILES string of the molecule is CC1CN(c2c(C#N)c(=O)n(C)c(=O)n2C)CC(C)O1. The Morgan fingerprint density at radius 2 is 1.70 bits per heavy atom. The number of nitriles is 1. The lowest BCUT2D eigenvalue weighted by molar-refractivity contribution is -0.00570. The van der Waals surface area contributed by atoms with Crippen LogP contribution in [0.15, 0.2) is 9.59 Å². The van der Waals surface area contributed by atoms with Crippen molar-refractivity contribution in [2.75, 3.05) is 18.0 Å². The zero-order valence-corrected chi connectivity index (χ0v) is 12.1. The van der Waals surface area contributed by atoms with Crippen LogP contribution in [0.2, 0.25) is 0 Å². The molecule has 0 amide bonds. The molecule has 7 heteroatoms. The minimum Gasteiger partial charge on any atom is -0.372 e. The lowest BCUT2D eigenvalue weighted by Crippen LogP contribution is -2.50. The predicted molar refractivity (Wildman–Crippen MR) is 73.9 cm³/mol. The highest BCUT2D eigenvalue weighted by Gasteiger charge is 2.27. The summed E-state index contributed by atoms with van der Waals surface area (Å²) < 4.78 is 7.95.